The van der Waals surface area contributed by atoms with Gasteiger partial charge in [-0.3, -0.25) is 9.59 Å². The maximum Gasteiger partial charge on any atom is 0.338 e. The van der Waals surface area contributed by atoms with Crippen LogP contribution in [-0.2, 0) is 25.6 Å². The molecular weight excluding hydrogens is 324 g/mol. The van der Waals surface area contributed by atoms with E-state index in [0.717, 1.165) is 5.56 Å². The first-order valence-electron chi connectivity index (χ1n) is 8.29. The molecule has 1 fully saturated rings. The average Bonchev–Trinajstić information content (AvgIpc) is 2.57. The van der Waals surface area contributed by atoms with Crippen LogP contribution in [0, 0.1) is 0 Å². The van der Waals surface area contributed by atoms with Crippen molar-refractivity contribution in [3.05, 3.63) is 35.4 Å². The summed E-state index contributed by atoms with van der Waals surface area (Å²) in [6.45, 7) is 6.37. The van der Waals surface area contributed by atoms with Crippen LogP contribution in [-0.4, -0.2) is 54.6 Å². The van der Waals surface area contributed by atoms with Crippen molar-refractivity contribution in [2.24, 2.45) is 0 Å². The SMILES string of the molecule is CC(=O)NCc1ccc(C(=O)OCC(=O)N2CC(C)OC(C)C2)cc1. The topological polar surface area (TPSA) is 84.9 Å². The number of ether oxygens (including phenoxy) is 2. The van der Waals surface area contributed by atoms with Crippen molar-refractivity contribution in [3.8, 4) is 0 Å². The highest BCUT2D eigenvalue weighted by Gasteiger charge is 2.26. The number of morpholine rings is 1. The van der Waals surface area contributed by atoms with E-state index in [-0.39, 0.29) is 30.6 Å². The van der Waals surface area contributed by atoms with Gasteiger partial charge in [-0.25, -0.2) is 4.79 Å². The maximum atomic E-state index is 12.2. The highest BCUT2D eigenvalue weighted by atomic mass is 16.5. The minimum Gasteiger partial charge on any atom is -0.452 e. The lowest BCUT2D eigenvalue weighted by molar-refractivity contribution is -0.146. The molecule has 1 N–H and O–H groups in total. The predicted octanol–water partition coefficient (Wildman–Crippen LogP) is 1.12. The molecule has 1 aromatic rings. The second kappa shape index (κ2) is 8.62. The third kappa shape index (κ3) is 5.86. The monoisotopic (exact) mass is 348 g/mol. The summed E-state index contributed by atoms with van der Waals surface area (Å²) in [6.07, 6.45) is -0.0564. The molecule has 0 saturated carbocycles. The maximum absolute atomic E-state index is 12.2. The van der Waals surface area contributed by atoms with Crippen LogP contribution in [0.25, 0.3) is 0 Å². The fraction of sp³-hybridized carbons (Fsp3) is 0.500. The molecule has 7 heteroatoms. The van der Waals surface area contributed by atoms with Crippen molar-refractivity contribution in [2.75, 3.05) is 19.7 Å². The van der Waals surface area contributed by atoms with E-state index in [9.17, 15) is 14.4 Å². The molecular formula is C18H24N2O5. The molecule has 1 heterocycles. The third-order valence-corrected chi connectivity index (χ3v) is 3.83. The van der Waals surface area contributed by atoms with Crippen LogP contribution in [0.2, 0.25) is 0 Å². The normalized spacial score (nSPS) is 20.0. The second-order valence-corrected chi connectivity index (χ2v) is 6.24. The first-order chi connectivity index (χ1) is 11.8. The number of carbonyl (C=O) groups is 3. The molecule has 1 aliphatic rings. The van der Waals surface area contributed by atoms with Crippen molar-refractivity contribution in [2.45, 2.75) is 39.5 Å². The molecule has 7 nitrogen and oxygen atoms in total. The lowest BCUT2D eigenvalue weighted by Crippen LogP contribution is -2.49. The summed E-state index contributed by atoms with van der Waals surface area (Å²) >= 11 is 0. The Bertz CT molecular complexity index is 619. The summed E-state index contributed by atoms with van der Waals surface area (Å²) in [5.41, 5.74) is 1.24. The zero-order valence-corrected chi connectivity index (χ0v) is 14.8. The van der Waals surface area contributed by atoms with Crippen molar-refractivity contribution in [1.82, 2.24) is 10.2 Å². The standard InChI is InChI=1S/C18H24N2O5/c1-12-9-20(10-13(2)25-12)17(22)11-24-18(23)16-6-4-15(5-7-16)8-19-14(3)21/h4-7,12-13H,8-11H2,1-3H3,(H,19,21). The van der Waals surface area contributed by atoms with Crippen LogP contribution < -0.4 is 5.32 Å². The van der Waals surface area contributed by atoms with E-state index < -0.39 is 5.97 Å². The van der Waals surface area contributed by atoms with E-state index in [2.05, 4.69) is 5.32 Å². The average molecular weight is 348 g/mol. The zero-order chi connectivity index (χ0) is 18.4. The third-order valence-electron chi connectivity index (χ3n) is 3.83. The molecule has 1 aliphatic heterocycles. The number of rotatable bonds is 5. The quantitative estimate of drug-likeness (QED) is 0.806. The highest BCUT2D eigenvalue weighted by Crippen LogP contribution is 2.11. The fourth-order valence-corrected chi connectivity index (χ4v) is 2.67. The zero-order valence-electron chi connectivity index (χ0n) is 14.8. The van der Waals surface area contributed by atoms with Gasteiger partial charge in [-0.1, -0.05) is 12.1 Å². The molecule has 2 amide bonds. The smallest absolute Gasteiger partial charge is 0.338 e. The van der Waals surface area contributed by atoms with Gasteiger partial charge >= 0.3 is 5.97 Å². The summed E-state index contributed by atoms with van der Waals surface area (Å²) in [5.74, 6) is -0.889. The Morgan fingerprint density at radius 2 is 1.76 bits per heavy atom. The molecule has 0 aliphatic carbocycles. The van der Waals surface area contributed by atoms with E-state index in [4.69, 9.17) is 9.47 Å². The Hall–Kier alpha value is -2.41. The van der Waals surface area contributed by atoms with Gasteiger partial charge in [0.25, 0.3) is 5.91 Å². The van der Waals surface area contributed by atoms with Gasteiger partial charge in [0.15, 0.2) is 6.61 Å². The van der Waals surface area contributed by atoms with Gasteiger partial charge in [0, 0.05) is 26.6 Å². The number of hydrogen-bond acceptors (Lipinski definition) is 5. The van der Waals surface area contributed by atoms with Gasteiger partial charge in [0.2, 0.25) is 5.91 Å². The Balaban J connectivity index is 1.83. The van der Waals surface area contributed by atoms with Crippen LogP contribution >= 0.6 is 0 Å². The highest BCUT2D eigenvalue weighted by molar-refractivity contribution is 5.91. The molecule has 2 unspecified atom stereocenters. The molecule has 2 atom stereocenters. The largest absolute Gasteiger partial charge is 0.452 e. The first kappa shape index (κ1) is 18.9. The van der Waals surface area contributed by atoms with Gasteiger partial charge < -0.3 is 19.7 Å². The Kier molecular flexibility index (Phi) is 6.52. The number of nitrogens with zero attached hydrogens (tertiary/aromatic N) is 1. The Morgan fingerprint density at radius 3 is 2.32 bits per heavy atom. The van der Waals surface area contributed by atoms with Crippen molar-refractivity contribution < 1.29 is 23.9 Å². The Labute approximate surface area is 147 Å². The van der Waals surface area contributed by atoms with E-state index in [1.807, 2.05) is 13.8 Å². The Morgan fingerprint density at radius 1 is 1.16 bits per heavy atom. The van der Waals surface area contributed by atoms with E-state index in [1.165, 1.54) is 6.92 Å². The number of carbonyl (C=O) groups excluding carboxylic acids is 3. The first-order valence-corrected chi connectivity index (χ1v) is 8.29. The van der Waals surface area contributed by atoms with Crippen molar-refractivity contribution in [1.29, 1.82) is 0 Å². The molecule has 25 heavy (non-hydrogen) atoms. The number of hydrogen-bond donors (Lipinski definition) is 1. The lowest BCUT2D eigenvalue weighted by atomic mass is 10.1. The van der Waals surface area contributed by atoms with Crippen LogP contribution in [0.4, 0.5) is 0 Å². The molecule has 2 rings (SSSR count). The van der Waals surface area contributed by atoms with E-state index in [0.29, 0.717) is 25.2 Å². The summed E-state index contributed by atoms with van der Waals surface area (Å²) in [7, 11) is 0. The number of benzene rings is 1. The number of esters is 1. The molecule has 1 saturated heterocycles. The van der Waals surface area contributed by atoms with Crippen LogP contribution in [0.5, 0.6) is 0 Å². The molecule has 0 bridgehead atoms. The van der Waals surface area contributed by atoms with Gasteiger partial charge in [0.1, 0.15) is 0 Å². The lowest BCUT2D eigenvalue weighted by Gasteiger charge is -2.35. The number of nitrogens with one attached hydrogen (secondary N) is 1. The fourth-order valence-electron chi connectivity index (χ4n) is 2.67. The van der Waals surface area contributed by atoms with Crippen LogP contribution in [0.1, 0.15) is 36.7 Å². The predicted molar refractivity (Wildman–Crippen MR) is 90.8 cm³/mol. The summed E-state index contributed by atoms with van der Waals surface area (Å²) in [4.78, 5) is 36.8. The summed E-state index contributed by atoms with van der Waals surface area (Å²) in [6, 6.07) is 6.70. The molecule has 1 aromatic carbocycles. The molecule has 0 spiro atoms. The van der Waals surface area contributed by atoms with Gasteiger partial charge in [-0.15, -0.1) is 0 Å². The number of amides is 2. The minimum atomic E-state index is -0.547. The summed E-state index contributed by atoms with van der Waals surface area (Å²) < 4.78 is 10.7. The van der Waals surface area contributed by atoms with Gasteiger partial charge in [-0.05, 0) is 31.5 Å². The van der Waals surface area contributed by atoms with Gasteiger partial charge in [0.05, 0.1) is 17.8 Å². The van der Waals surface area contributed by atoms with Crippen molar-refractivity contribution in [3.63, 3.8) is 0 Å². The molecule has 0 aromatic heterocycles. The second-order valence-electron chi connectivity index (χ2n) is 6.24. The summed E-state index contributed by atoms with van der Waals surface area (Å²) in [5, 5.41) is 2.68. The minimum absolute atomic E-state index is 0.0282. The molecule has 0 radical (unpaired) electrons. The van der Waals surface area contributed by atoms with Crippen LogP contribution in [0.3, 0.4) is 0 Å². The van der Waals surface area contributed by atoms with E-state index >= 15 is 0 Å². The van der Waals surface area contributed by atoms with E-state index in [1.54, 1.807) is 29.2 Å². The van der Waals surface area contributed by atoms with Crippen molar-refractivity contribution >= 4 is 17.8 Å². The molecule has 136 valence electrons. The van der Waals surface area contributed by atoms with Gasteiger partial charge in [-0.2, -0.15) is 0 Å². The van der Waals surface area contributed by atoms with Crippen LogP contribution in [0.15, 0.2) is 24.3 Å².